The van der Waals surface area contributed by atoms with Gasteiger partial charge in [-0.1, -0.05) is 152 Å². The van der Waals surface area contributed by atoms with Crippen LogP contribution in [0, 0.1) is 52.3 Å². The van der Waals surface area contributed by atoms with Gasteiger partial charge in [-0.25, -0.2) is 0 Å². The molecule has 4 aliphatic rings. The molecule has 9 unspecified atom stereocenters. The zero-order chi connectivity index (χ0) is 38.8. The van der Waals surface area contributed by atoms with Crippen molar-refractivity contribution in [2.75, 3.05) is 0 Å². The second-order valence-corrected chi connectivity index (χ2v) is 18.7. The standard InChI is InChI=1S/C52H82O2/c1-8-9-10-11-12-13-14-15-16-17-18-19-20-21-22-23-24-25-26-27-28-29-50(53)54-45-36-38-51(6)44(40-45)32-33-46-48-35-34-47(52(48,7)39-37-49(46)51)43(5)31-30-42(4)41(2)3/h9-10,12-13,15-16,18-19,21-22,30-32,41-43,45-49H,8,11,14,17,20,23-29,33-40H2,1-7H3/b10-9-,13-12-,16-15-,19-18-,22-21-,31-30+. The van der Waals surface area contributed by atoms with Crippen LogP contribution in [0.15, 0.2) is 84.6 Å². The molecule has 0 spiro atoms. The van der Waals surface area contributed by atoms with Gasteiger partial charge in [-0.2, -0.15) is 0 Å². The van der Waals surface area contributed by atoms with Crippen molar-refractivity contribution >= 4 is 5.97 Å². The Balaban J connectivity index is 1.07. The van der Waals surface area contributed by atoms with Crippen LogP contribution < -0.4 is 0 Å². The number of hydrogen-bond donors (Lipinski definition) is 0. The van der Waals surface area contributed by atoms with Crippen molar-refractivity contribution in [3.8, 4) is 0 Å². The van der Waals surface area contributed by atoms with Crippen LogP contribution >= 0.6 is 0 Å². The van der Waals surface area contributed by atoms with Gasteiger partial charge in [0.2, 0.25) is 0 Å². The second-order valence-electron chi connectivity index (χ2n) is 18.7. The molecule has 9 atom stereocenters. The maximum atomic E-state index is 12.9. The lowest BCUT2D eigenvalue weighted by Gasteiger charge is -2.58. The third-order valence-corrected chi connectivity index (χ3v) is 14.7. The summed E-state index contributed by atoms with van der Waals surface area (Å²) < 4.78 is 6.14. The molecule has 2 nitrogen and oxygen atoms in total. The highest BCUT2D eigenvalue weighted by Crippen LogP contribution is 2.67. The molecule has 4 rings (SSSR count). The SMILES string of the molecule is CC/C=C\C/C=C\C/C=C\C/C=C\C/C=C\CCCCCCCC(=O)OC1CCC2(C)C(=CCC3C2CCC2(C)C(C(C)/C=C/C(C)C(C)C)CCC32)C1. The Morgan fingerprint density at radius 1 is 0.741 bits per heavy atom. The number of unbranched alkanes of at least 4 members (excludes halogenated alkanes) is 5. The van der Waals surface area contributed by atoms with Gasteiger partial charge in [0.15, 0.2) is 0 Å². The largest absolute Gasteiger partial charge is 0.462 e. The summed E-state index contributed by atoms with van der Waals surface area (Å²) in [6.07, 6.45) is 53.2. The predicted molar refractivity (Wildman–Crippen MR) is 234 cm³/mol. The van der Waals surface area contributed by atoms with E-state index in [-0.39, 0.29) is 12.1 Å². The Bertz CT molecular complexity index is 1320. The molecule has 0 bridgehead atoms. The first kappa shape index (κ1) is 44.4. The molecule has 3 fully saturated rings. The molecule has 0 amide bonds. The Labute approximate surface area is 334 Å². The third-order valence-electron chi connectivity index (χ3n) is 14.7. The highest BCUT2D eigenvalue weighted by Gasteiger charge is 2.59. The monoisotopic (exact) mass is 739 g/mol. The average Bonchev–Trinajstić information content (AvgIpc) is 3.51. The molecule has 0 aromatic heterocycles. The van der Waals surface area contributed by atoms with E-state index in [9.17, 15) is 4.79 Å². The lowest BCUT2D eigenvalue weighted by atomic mass is 9.47. The van der Waals surface area contributed by atoms with E-state index >= 15 is 0 Å². The van der Waals surface area contributed by atoms with Gasteiger partial charge >= 0.3 is 5.97 Å². The Hall–Kier alpha value is -2.35. The number of fused-ring (bicyclic) bond motifs is 5. The molecule has 0 N–H and O–H groups in total. The molecule has 0 aromatic rings. The normalized spacial score (nSPS) is 31.3. The van der Waals surface area contributed by atoms with Crippen LogP contribution in [0.5, 0.6) is 0 Å². The van der Waals surface area contributed by atoms with Gasteiger partial charge in [-0.15, -0.1) is 0 Å². The highest BCUT2D eigenvalue weighted by molar-refractivity contribution is 5.69. The first-order chi connectivity index (χ1) is 26.1. The molecule has 3 saturated carbocycles. The fourth-order valence-corrected chi connectivity index (χ4v) is 11.0. The molecule has 0 radical (unpaired) electrons. The lowest BCUT2D eigenvalue weighted by molar-refractivity contribution is -0.151. The van der Waals surface area contributed by atoms with Crippen molar-refractivity contribution < 1.29 is 9.53 Å². The Morgan fingerprint density at radius 3 is 2.04 bits per heavy atom. The minimum absolute atomic E-state index is 0.0352. The van der Waals surface area contributed by atoms with Crippen molar-refractivity contribution in [3.05, 3.63) is 84.6 Å². The topological polar surface area (TPSA) is 26.3 Å². The minimum Gasteiger partial charge on any atom is -0.462 e. The molecule has 302 valence electrons. The zero-order valence-corrected chi connectivity index (χ0v) is 36.1. The molecular formula is C52H82O2. The van der Waals surface area contributed by atoms with Gasteiger partial charge in [0.25, 0.3) is 0 Å². The van der Waals surface area contributed by atoms with Crippen molar-refractivity contribution in [2.45, 2.75) is 183 Å². The van der Waals surface area contributed by atoms with Gasteiger partial charge in [0.05, 0.1) is 0 Å². The van der Waals surface area contributed by atoms with Crippen LogP contribution in [-0.2, 0) is 9.53 Å². The second kappa shape index (κ2) is 23.0. The fourth-order valence-electron chi connectivity index (χ4n) is 11.0. The minimum atomic E-state index is 0.0352. The molecule has 4 aliphatic carbocycles. The molecular weight excluding hydrogens is 657 g/mol. The number of carbonyl (C=O) groups is 1. The number of rotatable bonds is 22. The van der Waals surface area contributed by atoms with Crippen LogP contribution in [0.3, 0.4) is 0 Å². The summed E-state index contributed by atoms with van der Waals surface area (Å²) >= 11 is 0. The highest BCUT2D eigenvalue weighted by atomic mass is 16.5. The summed E-state index contributed by atoms with van der Waals surface area (Å²) in [6.45, 7) is 17.0. The van der Waals surface area contributed by atoms with Crippen LogP contribution in [0.2, 0.25) is 0 Å². The van der Waals surface area contributed by atoms with E-state index in [0.717, 1.165) is 87.9 Å². The van der Waals surface area contributed by atoms with Crippen LogP contribution in [0.25, 0.3) is 0 Å². The van der Waals surface area contributed by atoms with E-state index < -0.39 is 0 Å². The number of hydrogen-bond acceptors (Lipinski definition) is 2. The lowest BCUT2D eigenvalue weighted by Crippen LogP contribution is -2.51. The number of esters is 1. The van der Waals surface area contributed by atoms with Gasteiger partial charge in [-0.3, -0.25) is 4.79 Å². The van der Waals surface area contributed by atoms with E-state index in [1.807, 2.05) is 0 Å². The summed E-state index contributed by atoms with van der Waals surface area (Å²) in [5.74, 6) is 5.40. The van der Waals surface area contributed by atoms with Crippen LogP contribution in [-0.4, -0.2) is 12.1 Å². The number of allylic oxidation sites excluding steroid dienone is 13. The third kappa shape index (κ3) is 12.8. The maximum absolute atomic E-state index is 12.9. The average molecular weight is 739 g/mol. The Morgan fingerprint density at radius 2 is 1.37 bits per heavy atom. The van der Waals surface area contributed by atoms with Crippen molar-refractivity contribution in [2.24, 2.45) is 52.3 Å². The molecule has 0 aliphatic heterocycles. The first-order valence-corrected chi connectivity index (χ1v) is 22.9. The van der Waals surface area contributed by atoms with E-state index in [1.54, 1.807) is 5.57 Å². The van der Waals surface area contributed by atoms with Crippen molar-refractivity contribution in [3.63, 3.8) is 0 Å². The smallest absolute Gasteiger partial charge is 0.306 e. The molecule has 0 saturated heterocycles. The quantitative estimate of drug-likeness (QED) is 0.0628. The van der Waals surface area contributed by atoms with Gasteiger partial charge in [0.1, 0.15) is 6.10 Å². The van der Waals surface area contributed by atoms with Crippen molar-refractivity contribution in [1.82, 2.24) is 0 Å². The predicted octanol–water partition coefficient (Wildman–Crippen LogP) is 15.4. The molecule has 0 heterocycles. The summed E-state index contributed by atoms with van der Waals surface area (Å²) in [5.41, 5.74) is 2.41. The summed E-state index contributed by atoms with van der Waals surface area (Å²) in [6, 6.07) is 0. The summed E-state index contributed by atoms with van der Waals surface area (Å²) in [7, 11) is 0. The fraction of sp³-hybridized carbons (Fsp3) is 0.712. The summed E-state index contributed by atoms with van der Waals surface area (Å²) in [4.78, 5) is 12.9. The van der Waals surface area contributed by atoms with E-state index in [2.05, 4.69) is 127 Å². The zero-order valence-electron chi connectivity index (χ0n) is 36.1. The van der Waals surface area contributed by atoms with Crippen molar-refractivity contribution in [1.29, 1.82) is 0 Å². The molecule has 2 heteroatoms. The summed E-state index contributed by atoms with van der Waals surface area (Å²) in [5, 5.41) is 0. The first-order valence-electron chi connectivity index (χ1n) is 22.9. The van der Waals surface area contributed by atoms with Gasteiger partial charge in [-0.05, 0) is 149 Å². The van der Waals surface area contributed by atoms with Gasteiger partial charge in [0, 0.05) is 12.8 Å². The Kier molecular flexibility index (Phi) is 18.9. The van der Waals surface area contributed by atoms with Crippen LogP contribution in [0.1, 0.15) is 177 Å². The number of ether oxygens (including phenoxy) is 1. The molecule has 54 heavy (non-hydrogen) atoms. The number of carbonyl (C=O) groups excluding carboxylic acids is 1. The van der Waals surface area contributed by atoms with E-state index in [1.165, 1.54) is 57.8 Å². The van der Waals surface area contributed by atoms with E-state index in [4.69, 9.17) is 4.74 Å². The van der Waals surface area contributed by atoms with Gasteiger partial charge < -0.3 is 4.74 Å². The van der Waals surface area contributed by atoms with E-state index in [0.29, 0.717) is 35.0 Å². The molecule has 0 aromatic carbocycles. The maximum Gasteiger partial charge on any atom is 0.306 e. The van der Waals surface area contributed by atoms with Crippen LogP contribution in [0.4, 0.5) is 0 Å².